The van der Waals surface area contributed by atoms with Crippen molar-refractivity contribution in [2.75, 3.05) is 19.5 Å². The van der Waals surface area contributed by atoms with E-state index < -0.39 is 16.2 Å². The monoisotopic (exact) mass is 337 g/mol. The Morgan fingerprint density at radius 1 is 1.32 bits per heavy atom. The van der Waals surface area contributed by atoms with Gasteiger partial charge >= 0.3 is 29.6 Å². The van der Waals surface area contributed by atoms with Gasteiger partial charge in [-0.3, -0.25) is 4.79 Å². The molecule has 1 aromatic carbocycles. The second-order valence-corrected chi connectivity index (χ2v) is 4.55. The molecule has 1 N–H and O–H groups in total. The zero-order valence-electron chi connectivity index (χ0n) is 12.2. The molecule has 1 amide bonds. The first-order chi connectivity index (χ1) is 9.80. The molecule has 114 valence electrons. The fourth-order valence-electron chi connectivity index (χ4n) is 1.35. The Morgan fingerprint density at radius 3 is 2.18 bits per heavy atom. The molecule has 0 aliphatic rings. The van der Waals surface area contributed by atoms with Gasteiger partial charge in [0, 0.05) is 12.1 Å². The first kappa shape index (κ1) is 20.5. The van der Waals surface area contributed by atoms with Crippen LogP contribution in [0.3, 0.4) is 0 Å². The molecule has 9 nitrogen and oxygen atoms in total. The van der Waals surface area contributed by atoms with E-state index in [1.807, 2.05) is 0 Å². The van der Waals surface area contributed by atoms with Crippen LogP contribution < -0.4 is 44.3 Å². The number of hydrogen-bond acceptors (Lipinski definition) is 7. The number of anilines is 1. The Labute approximate surface area is 149 Å². The van der Waals surface area contributed by atoms with Gasteiger partial charge in [-0.05, 0) is 6.08 Å². The van der Waals surface area contributed by atoms with Crippen molar-refractivity contribution >= 4 is 27.6 Å². The maximum Gasteiger partial charge on any atom is 1.00 e. The molecular formula is C11H12N3NaO6S. The number of benzene rings is 1. The molecular weight excluding hydrogens is 325 g/mol. The molecule has 0 saturated carbocycles. The van der Waals surface area contributed by atoms with Gasteiger partial charge in [0.15, 0.2) is 0 Å². The summed E-state index contributed by atoms with van der Waals surface area (Å²) >= 11 is 0. The van der Waals surface area contributed by atoms with E-state index in [0.717, 1.165) is 6.08 Å². The van der Waals surface area contributed by atoms with Crippen LogP contribution in [0.25, 0.3) is 0 Å². The second kappa shape index (κ2) is 8.86. The molecule has 0 unspecified atom stereocenters. The number of hydrogen-bond donors (Lipinski definition) is 1. The maximum absolute atomic E-state index is 11.4. The van der Waals surface area contributed by atoms with Gasteiger partial charge < -0.3 is 19.3 Å². The number of nitrogens with one attached hydrogen (secondary N) is 1. The third kappa shape index (κ3) is 6.12. The summed E-state index contributed by atoms with van der Waals surface area (Å²) in [5.74, 6) is -0.216. The Balaban J connectivity index is 0.00000441. The Hall–Kier alpha value is -1.46. The summed E-state index contributed by atoms with van der Waals surface area (Å²) < 4.78 is 44.0. The Morgan fingerprint density at radius 2 is 1.82 bits per heavy atom. The normalized spacial score (nSPS) is 10.7. The Bertz CT molecular complexity index is 664. The predicted octanol–water partition coefficient (Wildman–Crippen LogP) is -1.62. The average Bonchev–Trinajstić information content (AvgIpc) is 2.44. The molecule has 0 radical (unpaired) electrons. The van der Waals surface area contributed by atoms with Gasteiger partial charge in [0.1, 0.15) is 17.2 Å². The van der Waals surface area contributed by atoms with E-state index in [0.29, 0.717) is 0 Å². The van der Waals surface area contributed by atoms with Crippen LogP contribution in [0.4, 0.5) is 11.4 Å². The van der Waals surface area contributed by atoms with Gasteiger partial charge in [-0.2, -0.15) is 0 Å². The van der Waals surface area contributed by atoms with Crippen LogP contribution in [0.2, 0.25) is 0 Å². The molecule has 0 spiro atoms. The molecule has 22 heavy (non-hydrogen) atoms. The van der Waals surface area contributed by atoms with Crippen molar-refractivity contribution in [3.63, 3.8) is 0 Å². The van der Waals surface area contributed by atoms with Crippen molar-refractivity contribution in [1.82, 2.24) is 0 Å². The summed E-state index contributed by atoms with van der Waals surface area (Å²) in [7, 11) is -2.20. The minimum Gasteiger partial charge on any atom is -0.728 e. The molecule has 11 heteroatoms. The van der Waals surface area contributed by atoms with Gasteiger partial charge in [0.05, 0.1) is 19.9 Å². The van der Waals surface area contributed by atoms with Crippen molar-refractivity contribution in [2.24, 2.45) is 9.63 Å². The average molecular weight is 337 g/mol. The topological polar surface area (TPSA) is 129 Å². The summed E-state index contributed by atoms with van der Waals surface area (Å²) in [4.78, 5) is 11.4. The first-order valence-electron chi connectivity index (χ1n) is 5.39. The number of carbonyl (C=O) groups excluding carboxylic acids is 1. The zero-order chi connectivity index (χ0) is 16.0. The van der Waals surface area contributed by atoms with E-state index in [4.69, 9.17) is 9.47 Å². The van der Waals surface area contributed by atoms with Gasteiger partial charge in [-0.15, -0.1) is 5.11 Å². The van der Waals surface area contributed by atoms with Crippen LogP contribution in [0.5, 0.6) is 11.5 Å². The van der Waals surface area contributed by atoms with E-state index in [1.165, 1.54) is 26.4 Å². The molecule has 0 atom stereocenters. The van der Waals surface area contributed by atoms with E-state index in [2.05, 4.69) is 21.5 Å². The van der Waals surface area contributed by atoms with E-state index in [9.17, 15) is 17.8 Å². The Kier molecular flexibility index (Phi) is 8.27. The molecule has 1 rings (SSSR count). The SMILES string of the molecule is C=CC(=O)Nc1c(OC)cc(N=NS(=O)(=O)[O-])cc1OC.[Na+]. The quantitative estimate of drug-likeness (QED) is 0.287. The summed E-state index contributed by atoms with van der Waals surface area (Å²) in [6.07, 6.45) is 1.05. The zero-order valence-corrected chi connectivity index (χ0v) is 15.0. The summed E-state index contributed by atoms with van der Waals surface area (Å²) in [5, 5.41) is 5.74. The number of carbonyl (C=O) groups is 1. The summed E-state index contributed by atoms with van der Waals surface area (Å²) in [6.45, 7) is 3.31. The fourth-order valence-corrected chi connectivity index (χ4v) is 1.54. The maximum atomic E-state index is 11.4. The molecule has 0 aliphatic heterocycles. The summed E-state index contributed by atoms with van der Waals surface area (Å²) in [6, 6.07) is 2.55. The molecule has 0 bridgehead atoms. The third-order valence-corrected chi connectivity index (χ3v) is 2.46. The molecule has 1 aromatic rings. The molecule has 0 heterocycles. The van der Waals surface area contributed by atoms with Gasteiger partial charge in [-0.25, -0.2) is 8.42 Å². The first-order valence-corrected chi connectivity index (χ1v) is 6.75. The van der Waals surface area contributed by atoms with Crippen molar-refractivity contribution < 1.29 is 56.8 Å². The largest absolute Gasteiger partial charge is 1.00 e. The number of nitrogens with zero attached hydrogens (tertiary/aromatic N) is 2. The van der Waals surface area contributed by atoms with E-state index >= 15 is 0 Å². The van der Waals surface area contributed by atoms with Crippen molar-refractivity contribution in [3.05, 3.63) is 24.8 Å². The van der Waals surface area contributed by atoms with Crippen LogP contribution in [-0.2, 0) is 15.1 Å². The summed E-state index contributed by atoms with van der Waals surface area (Å²) in [5.41, 5.74) is 0.202. The number of ether oxygens (including phenoxy) is 2. The van der Waals surface area contributed by atoms with E-state index in [1.54, 1.807) is 0 Å². The minimum atomic E-state index is -4.85. The molecule has 0 saturated heterocycles. The van der Waals surface area contributed by atoms with Gasteiger partial charge in [-0.1, -0.05) is 11.1 Å². The van der Waals surface area contributed by atoms with Crippen LogP contribution in [0, 0.1) is 0 Å². The standard InChI is InChI=1S/C11H13N3O6S.Na/c1-4-10(15)12-11-8(19-2)5-7(6-9(11)20-3)13-14-21(16,17)18;/h4-6H,1H2,2-3H3,(H,12,15)(H,16,17,18);/q;+1/p-1. The molecule has 0 fully saturated rings. The predicted molar refractivity (Wildman–Crippen MR) is 72.6 cm³/mol. The smallest absolute Gasteiger partial charge is 0.728 e. The van der Waals surface area contributed by atoms with Crippen LogP contribution in [0.15, 0.2) is 34.4 Å². The number of methoxy groups -OCH3 is 2. The molecule has 0 aliphatic carbocycles. The third-order valence-electron chi connectivity index (χ3n) is 2.18. The number of amides is 1. The number of rotatable bonds is 6. The van der Waals surface area contributed by atoms with Crippen molar-refractivity contribution in [2.45, 2.75) is 0 Å². The van der Waals surface area contributed by atoms with Gasteiger partial charge in [0.2, 0.25) is 16.2 Å². The molecule has 0 aromatic heterocycles. The second-order valence-electron chi connectivity index (χ2n) is 3.53. The van der Waals surface area contributed by atoms with Crippen LogP contribution >= 0.6 is 0 Å². The van der Waals surface area contributed by atoms with E-state index in [-0.39, 0.29) is 52.4 Å². The van der Waals surface area contributed by atoms with Gasteiger partial charge in [0.25, 0.3) is 0 Å². The minimum absolute atomic E-state index is 0. The van der Waals surface area contributed by atoms with Crippen molar-refractivity contribution in [1.29, 1.82) is 0 Å². The van der Waals surface area contributed by atoms with Crippen molar-refractivity contribution in [3.8, 4) is 11.5 Å². The fraction of sp³-hybridized carbons (Fsp3) is 0.182. The van der Waals surface area contributed by atoms with Crippen LogP contribution in [-0.4, -0.2) is 33.1 Å². The van der Waals surface area contributed by atoms with Crippen LogP contribution in [0.1, 0.15) is 0 Å².